The average molecular weight is 495 g/mol. The molecule has 0 aromatic carbocycles. The predicted octanol–water partition coefficient (Wildman–Crippen LogP) is -0.953. The van der Waals surface area contributed by atoms with E-state index in [9.17, 15) is 0 Å². The highest BCUT2D eigenvalue weighted by Gasteiger charge is 2.37. The SMILES string of the molecule is CO[Si](CCCn1nnc(N)n1)(OC)OC.CO[Si](CCCn1nnnc1N)(OC)OC. The second-order valence-electron chi connectivity index (χ2n) is 6.30. The minimum atomic E-state index is -2.49. The van der Waals surface area contributed by atoms with E-state index in [-0.39, 0.29) is 5.95 Å². The minimum absolute atomic E-state index is 0.175. The first kappa shape index (κ1) is 28.0. The lowest BCUT2D eigenvalue weighted by atomic mass is 10.5. The van der Waals surface area contributed by atoms with Gasteiger partial charge in [0.2, 0.25) is 5.95 Å². The molecule has 0 atom stereocenters. The fourth-order valence-electron chi connectivity index (χ4n) is 2.72. The van der Waals surface area contributed by atoms with Gasteiger partial charge in [-0.25, -0.2) is 4.68 Å². The van der Waals surface area contributed by atoms with Gasteiger partial charge < -0.3 is 38.0 Å². The van der Waals surface area contributed by atoms with Gasteiger partial charge in [-0.1, -0.05) is 10.2 Å². The van der Waals surface area contributed by atoms with Crippen molar-refractivity contribution in [3.63, 3.8) is 0 Å². The van der Waals surface area contributed by atoms with Gasteiger partial charge >= 0.3 is 17.6 Å². The van der Waals surface area contributed by atoms with Crippen LogP contribution < -0.4 is 11.5 Å². The van der Waals surface area contributed by atoms with Crippen molar-refractivity contribution in [1.82, 2.24) is 40.4 Å². The number of nitrogens with zero attached hydrogens (tertiary/aromatic N) is 8. The van der Waals surface area contributed by atoms with Gasteiger partial charge in [-0.05, 0) is 28.5 Å². The fraction of sp³-hybridized carbons (Fsp3) is 0.857. The Balaban J connectivity index is 0.000000320. The highest BCUT2D eigenvalue weighted by molar-refractivity contribution is 6.60. The maximum Gasteiger partial charge on any atom is 0.500 e. The summed E-state index contributed by atoms with van der Waals surface area (Å²) in [6, 6.07) is 1.38. The van der Waals surface area contributed by atoms with Crippen LogP contribution in [0, 0.1) is 0 Å². The van der Waals surface area contributed by atoms with Crippen molar-refractivity contribution in [1.29, 1.82) is 0 Å². The first-order valence-corrected chi connectivity index (χ1v) is 13.5. The normalized spacial score (nSPS) is 11.9. The molecule has 0 fully saturated rings. The van der Waals surface area contributed by atoms with Crippen LogP contribution in [0.15, 0.2) is 0 Å². The molecule has 0 saturated heterocycles. The lowest BCUT2D eigenvalue weighted by Gasteiger charge is -2.24. The molecular formula is C14H34N10O6Si2. The molecule has 0 spiro atoms. The maximum atomic E-state index is 5.53. The van der Waals surface area contributed by atoms with Crippen molar-refractivity contribution in [3.8, 4) is 0 Å². The fourth-order valence-corrected chi connectivity index (χ4v) is 6.12. The number of aromatic nitrogens is 8. The molecule has 2 aromatic rings. The number of nitrogens with two attached hydrogens (primary N) is 2. The number of nitrogen functional groups attached to an aromatic ring is 2. The summed E-state index contributed by atoms with van der Waals surface area (Å²) in [5.74, 6) is 0.480. The van der Waals surface area contributed by atoms with Crippen LogP contribution >= 0.6 is 0 Å². The molecule has 0 aliphatic rings. The summed E-state index contributed by atoms with van der Waals surface area (Å²) in [6.45, 7) is 1.22. The summed E-state index contributed by atoms with van der Waals surface area (Å²) in [5.41, 5.74) is 10.9. The van der Waals surface area contributed by atoms with Crippen LogP contribution in [-0.2, 0) is 39.6 Å². The lowest BCUT2D eigenvalue weighted by Crippen LogP contribution is -2.42. The van der Waals surface area contributed by atoms with Crippen LogP contribution in [0.1, 0.15) is 12.8 Å². The molecule has 2 aromatic heterocycles. The number of tetrazole rings is 2. The Morgan fingerprint density at radius 2 is 1.22 bits per heavy atom. The number of hydrogen-bond acceptors (Lipinski definition) is 14. The molecule has 16 nitrogen and oxygen atoms in total. The summed E-state index contributed by atoms with van der Waals surface area (Å²) in [6.07, 6.45) is 1.55. The third-order valence-electron chi connectivity index (χ3n) is 4.59. The smallest absolute Gasteiger partial charge is 0.377 e. The molecule has 0 aliphatic heterocycles. The van der Waals surface area contributed by atoms with Crippen LogP contribution in [-0.4, -0.2) is 101 Å². The van der Waals surface area contributed by atoms with Crippen molar-refractivity contribution in [2.24, 2.45) is 0 Å². The predicted molar refractivity (Wildman–Crippen MR) is 117 cm³/mol. The minimum Gasteiger partial charge on any atom is -0.377 e. The standard InChI is InChI=1S/2C7H17N5O3Si/c1-13-16(14-2,15-3)6-4-5-12-7(8)9-10-11-12;1-13-16(14-2,15-3)6-4-5-12-10-7(8)9-11-12/h4-6H2,1-3H3,(H2,8,9,11);4-6H2,1-3H3,(H2,8,10). The van der Waals surface area contributed by atoms with E-state index in [1.54, 1.807) is 42.7 Å². The number of aryl methyl sites for hydroxylation is 2. The largest absolute Gasteiger partial charge is 0.500 e. The molecule has 0 bridgehead atoms. The second-order valence-corrected chi connectivity index (χ2v) is 12.5. The molecule has 18 heteroatoms. The third-order valence-corrected chi connectivity index (χ3v) is 10.3. The molecule has 0 unspecified atom stereocenters. The summed E-state index contributed by atoms with van der Waals surface area (Å²) in [5, 5.41) is 22.0. The Kier molecular flexibility index (Phi) is 12.4. The van der Waals surface area contributed by atoms with E-state index in [0.29, 0.717) is 31.1 Å². The summed E-state index contributed by atoms with van der Waals surface area (Å²) < 4.78 is 33.2. The maximum absolute atomic E-state index is 5.53. The van der Waals surface area contributed by atoms with E-state index in [1.165, 1.54) is 9.48 Å². The molecule has 2 heterocycles. The first-order valence-electron chi connectivity index (χ1n) is 9.69. The highest BCUT2D eigenvalue weighted by atomic mass is 28.4. The molecule has 4 N–H and O–H groups in total. The van der Waals surface area contributed by atoms with Crippen molar-refractivity contribution in [2.75, 3.05) is 54.1 Å². The van der Waals surface area contributed by atoms with E-state index in [4.69, 9.17) is 38.0 Å². The van der Waals surface area contributed by atoms with Gasteiger partial charge in [-0.3, -0.25) is 0 Å². The van der Waals surface area contributed by atoms with E-state index in [1.807, 2.05) is 0 Å². The molecule has 0 amide bonds. The first-order chi connectivity index (χ1) is 15.3. The van der Waals surface area contributed by atoms with E-state index >= 15 is 0 Å². The van der Waals surface area contributed by atoms with Gasteiger partial charge in [0, 0.05) is 61.3 Å². The van der Waals surface area contributed by atoms with Crippen LogP contribution in [0.25, 0.3) is 0 Å². The Bertz CT molecular complexity index is 741. The zero-order valence-electron chi connectivity index (χ0n) is 19.4. The Morgan fingerprint density at radius 3 is 1.59 bits per heavy atom. The van der Waals surface area contributed by atoms with Crippen molar-refractivity contribution in [3.05, 3.63) is 0 Å². The number of anilines is 2. The Hall–Kier alpha value is -2.07. The summed E-state index contributed by atoms with van der Waals surface area (Å²) in [7, 11) is 4.55. The number of hydrogen-bond donors (Lipinski definition) is 2. The van der Waals surface area contributed by atoms with Gasteiger partial charge in [-0.15, -0.1) is 5.10 Å². The molecule has 184 valence electrons. The van der Waals surface area contributed by atoms with Gasteiger partial charge in [0.05, 0.1) is 6.54 Å². The monoisotopic (exact) mass is 494 g/mol. The van der Waals surface area contributed by atoms with Crippen molar-refractivity contribution in [2.45, 2.75) is 38.0 Å². The topological polar surface area (TPSA) is 195 Å². The molecule has 0 aliphatic carbocycles. The van der Waals surface area contributed by atoms with Crippen LogP contribution in [0.4, 0.5) is 11.9 Å². The van der Waals surface area contributed by atoms with E-state index in [2.05, 4.69) is 30.9 Å². The van der Waals surface area contributed by atoms with Crippen LogP contribution in [0.3, 0.4) is 0 Å². The van der Waals surface area contributed by atoms with Gasteiger partial charge in [0.15, 0.2) is 0 Å². The summed E-state index contributed by atoms with van der Waals surface area (Å²) >= 11 is 0. The Labute approximate surface area is 189 Å². The van der Waals surface area contributed by atoms with Gasteiger partial charge in [0.25, 0.3) is 5.95 Å². The molecule has 32 heavy (non-hydrogen) atoms. The van der Waals surface area contributed by atoms with E-state index < -0.39 is 17.6 Å². The van der Waals surface area contributed by atoms with E-state index in [0.717, 1.165) is 12.8 Å². The van der Waals surface area contributed by atoms with Crippen LogP contribution in [0.2, 0.25) is 12.1 Å². The lowest BCUT2D eigenvalue weighted by molar-refractivity contribution is 0.122. The van der Waals surface area contributed by atoms with Gasteiger partial charge in [0.1, 0.15) is 0 Å². The van der Waals surface area contributed by atoms with Crippen molar-refractivity contribution < 1.29 is 26.6 Å². The molecule has 0 saturated carbocycles. The summed E-state index contributed by atoms with van der Waals surface area (Å²) in [4.78, 5) is 1.44. The highest BCUT2D eigenvalue weighted by Crippen LogP contribution is 2.16. The molecular weight excluding hydrogens is 460 g/mol. The zero-order chi connectivity index (χ0) is 24.0. The Morgan fingerprint density at radius 1 is 0.719 bits per heavy atom. The van der Waals surface area contributed by atoms with Crippen LogP contribution in [0.5, 0.6) is 0 Å². The average Bonchev–Trinajstić information content (AvgIpc) is 3.43. The third kappa shape index (κ3) is 8.46. The van der Waals surface area contributed by atoms with Gasteiger partial charge in [-0.2, -0.15) is 4.80 Å². The zero-order valence-corrected chi connectivity index (χ0v) is 21.4. The quantitative estimate of drug-likeness (QED) is 0.305. The number of rotatable bonds is 14. The molecule has 0 radical (unpaired) electrons. The van der Waals surface area contributed by atoms with Crippen molar-refractivity contribution >= 4 is 29.5 Å². The molecule has 2 rings (SSSR count). The second kappa shape index (κ2) is 14.2.